The Hall–Kier alpha value is 0.455. The van der Waals surface area contributed by atoms with E-state index in [9.17, 15) is 0 Å². The Kier molecular flexibility index (Phi) is 7.94. The largest absolute Gasteiger partial charge is 0.376 e. The molecule has 0 saturated carbocycles. The van der Waals surface area contributed by atoms with Gasteiger partial charge in [0, 0.05) is 6.61 Å². The maximum Gasteiger partial charge on any atom is 0.120 e. The van der Waals surface area contributed by atoms with Crippen molar-refractivity contribution in [3.05, 3.63) is 0 Å². The highest BCUT2D eigenvalue weighted by atomic mass is 31.0. The van der Waals surface area contributed by atoms with Crippen molar-refractivity contribution in [3.63, 3.8) is 0 Å². The summed E-state index contributed by atoms with van der Waals surface area (Å²) >= 11 is 0. The SMILES string of the molecule is CCCBCCC(C)(C)OCCC(C)(C)P. The second kappa shape index (κ2) is 7.72. The van der Waals surface area contributed by atoms with Crippen LogP contribution in [0.2, 0.25) is 12.6 Å². The zero-order valence-electron chi connectivity index (χ0n) is 11.9. The molecule has 0 spiro atoms. The molecule has 0 saturated heterocycles. The summed E-state index contributed by atoms with van der Waals surface area (Å²) in [6.07, 6.45) is 6.25. The van der Waals surface area contributed by atoms with E-state index in [1.54, 1.807) is 0 Å². The van der Waals surface area contributed by atoms with Gasteiger partial charge in [0.1, 0.15) is 7.28 Å². The van der Waals surface area contributed by atoms with Crippen LogP contribution < -0.4 is 0 Å². The van der Waals surface area contributed by atoms with Gasteiger partial charge in [-0.2, -0.15) is 0 Å². The van der Waals surface area contributed by atoms with Crippen LogP contribution in [0.25, 0.3) is 0 Å². The summed E-state index contributed by atoms with van der Waals surface area (Å²) in [7, 11) is 4.22. The quantitative estimate of drug-likeness (QED) is 0.339. The third-order valence-corrected chi connectivity index (χ3v) is 3.16. The van der Waals surface area contributed by atoms with E-state index in [0.29, 0.717) is 5.16 Å². The number of rotatable bonds is 9. The van der Waals surface area contributed by atoms with Gasteiger partial charge in [-0.15, -0.1) is 9.24 Å². The molecule has 0 rings (SSSR count). The van der Waals surface area contributed by atoms with Crippen molar-refractivity contribution in [3.8, 4) is 0 Å². The minimum Gasteiger partial charge on any atom is -0.376 e. The van der Waals surface area contributed by atoms with E-state index >= 15 is 0 Å². The first-order valence-electron chi connectivity index (χ1n) is 6.70. The first-order valence-corrected chi connectivity index (χ1v) is 7.27. The van der Waals surface area contributed by atoms with E-state index in [0.717, 1.165) is 13.0 Å². The summed E-state index contributed by atoms with van der Waals surface area (Å²) in [5.74, 6) is 0. The normalized spacial score (nSPS) is 12.9. The van der Waals surface area contributed by atoms with Gasteiger partial charge in [0.05, 0.1) is 5.60 Å². The molecule has 0 aliphatic rings. The van der Waals surface area contributed by atoms with E-state index in [-0.39, 0.29) is 5.60 Å². The van der Waals surface area contributed by atoms with Crippen LogP contribution in [-0.4, -0.2) is 24.6 Å². The highest BCUT2D eigenvalue weighted by Crippen LogP contribution is 2.23. The van der Waals surface area contributed by atoms with Crippen molar-refractivity contribution in [2.24, 2.45) is 0 Å². The zero-order valence-corrected chi connectivity index (χ0v) is 13.1. The molecule has 0 radical (unpaired) electrons. The Bertz CT molecular complexity index is 175. The average Bonchev–Trinajstić information content (AvgIpc) is 2.10. The van der Waals surface area contributed by atoms with Crippen LogP contribution in [0.1, 0.15) is 53.9 Å². The van der Waals surface area contributed by atoms with E-state index in [1.165, 1.54) is 32.8 Å². The summed E-state index contributed by atoms with van der Waals surface area (Å²) in [6, 6.07) is 0. The van der Waals surface area contributed by atoms with Crippen molar-refractivity contribution < 1.29 is 4.74 Å². The lowest BCUT2D eigenvalue weighted by atomic mass is 9.67. The van der Waals surface area contributed by atoms with Crippen molar-refractivity contribution in [2.45, 2.75) is 77.3 Å². The molecule has 0 aromatic heterocycles. The second-order valence-electron chi connectivity index (χ2n) is 6.16. The standard InChI is InChI=1S/C13H30BOP/c1-6-9-14-10-7-12(2,3)15-11-8-13(4,5)16/h14H,6-11,16H2,1-5H3. The number of hydrogen-bond acceptors (Lipinski definition) is 1. The molecular formula is C13H30BOP. The van der Waals surface area contributed by atoms with Crippen LogP contribution in [0.15, 0.2) is 0 Å². The third-order valence-electron chi connectivity index (χ3n) is 2.87. The van der Waals surface area contributed by atoms with E-state index in [4.69, 9.17) is 4.74 Å². The topological polar surface area (TPSA) is 9.23 Å². The maximum absolute atomic E-state index is 5.97. The van der Waals surface area contributed by atoms with E-state index in [2.05, 4.69) is 43.9 Å². The molecule has 0 aromatic rings. The molecular weight excluding hydrogens is 214 g/mol. The van der Waals surface area contributed by atoms with Gasteiger partial charge in [0.25, 0.3) is 0 Å². The van der Waals surface area contributed by atoms with Gasteiger partial charge in [-0.3, -0.25) is 0 Å². The lowest BCUT2D eigenvalue weighted by Crippen LogP contribution is -2.27. The zero-order chi connectivity index (χ0) is 12.7. The van der Waals surface area contributed by atoms with Gasteiger partial charge in [0.15, 0.2) is 0 Å². The Morgan fingerprint density at radius 2 is 1.69 bits per heavy atom. The van der Waals surface area contributed by atoms with Crippen molar-refractivity contribution in [2.75, 3.05) is 6.61 Å². The van der Waals surface area contributed by atoms with Crippen molar-refractivity contribution in [1.29, 1.82) is 0 Å². The fourth-order valence-electron chi connectivity index (χ4n) is 1.64. The second-order valence-corrected chi connectivity index (χ2v) is 7.72. The molecule has 0 amide bonds. The van der Waals surface area contributed by atoms with Crippen LogP contribution >= 0.6 is 9.24 Å². The van der Waals surface area contributed by atoms with Gasteiger partial charge >= 0.3 is 0 Å². The molecule has 0 aliphatic carbocycles. The molecule has 0 fully saturated rings. The Morgan fingerprint density at radius 3 is 2.19 bits per heavy atom. The highest BCUT2D eigenvalue weighted by Gasteiger charge is 2.19. The molecule has 16 heavy (non-hydrogen) atoms. The van der Waals surface area contributed by atoms with E-state index < -0.39 is 0 Å². The fraction of sp³-hybridized carbons (Fsp3) is 1.00. The first-order chi connectivity index (χ1) is 7.27. The Balaban J connectivity index is 3.62. The third kappa shape index (κ3) is 11.0. The first kappa shape index (κ1) is 16.5. The van der Waals surface area contributed by atoms with Crippen LogP contribution in [0.3, 0.4) is 0 Å². The number of ether oxygens (including phenoxy) is 1. The Morgan fingerprint density at radius 1 is 1.06 bits per heavy atom. The minimum atomic E-state index is 0.0592. The summed E-state index contributed by atoms with van der Waals surface area (Å²) in [6.45, 7) is 12.0. The molecule has 3 heteroatoms. The van der Waals surface area contributed by atoms with Crippen LogP contribution in [-0.2, 0) is 4.74 Å². The van der Waals surface area contributed by atoms with Gasteiger partial charge in [-0.05, 0) is 31.8 Å². The lowest BCUT2D eigenvalue weighted by molar-refractivity contribution is -0.0230. The van der Waals surface area contributed by atoms with E-state index in [1.807, 2.05) is 0 Å². The predicted molar refractivity (Wildman–Crippen MR) is 80.1 cm³/mol. The van der Waals surface area contributed by atoms with Crippen LogP contribution in [0.4, 0.5) is 0 Å². The predicted octanol–water partition coefficient (Wildman–Crippen LogP) is 3.90. The molecule has 0 aromatic carbocycles. The van der Waals surface area contributed by atoms with Crippen LogP contribution in [0.5, 0.6) is 0 Å². The van der Waals surface area contributed by atoms with Crippen molar-refractivity contribution >= 4 is 16.5 Å². The fourth-order valence-corrected chi connectivity index (χ4v) is 1.76. The number of hydrogen-bond donors (Lipinski definition) is 0. The van der Waals surface area contributed by atoms with Crippen LogP contribution in [0, 0.1) is 0 Å². The summed E-state index contributed by atoms with van der Waals surface area (Å²) < 4.78 is 5.97. The van der Waals surface area contributed by atoms with Crippen molar-refractivity contribution in [1.82, 2.24) is 0 Å². The van der Waals surface area contributed by atoms with Gasteiger partial charge in [-0.25, -0.2) is 0 Å². The molecule has 0 aliphatic heterocycles. The van der Waals surface area contributed by atoms with Gasteiger partial charge in [0.2, 0.25) is 0 Å². The minimum absolute atomic E-state index is 0.0592. The molecule has 0 heterocycles. The lowest BCUT2D eigenvalue weighted by Gasteiger charge is -2.27. The molecule has 1 unspecified atom stereocenters. The molecule has 0 N–H and O–H groups in total. The summed E-state index contributed by atoms with van der Waals surface area (Å²) in [5.41, 5.74) is 0.0592. The molecule has 96 valence electrons. The maximum atomic E-state index is 5.97. The highest BCUT2D eigenvalue weighted by molar-refractivity contribution is 7.18. The summed E-state index contributed by atoms with van der Waals surface area (Å²) in [5, 5.41) is 0.304. The Labute approximate surface area is 106 Å². The monoisotopic (exact) mass is 244 g/mol. The van der Waals surface area contributed by atoms with Gasteiger partial charge in [-0.1, -0.05) is 39.8 Å². The summed E-state index contributed by atoms with van der Waals surface area (Å²) in [4.78, 5) is 0. The van der Waals surface area contributed by atoms with Gasteiger partial charge < -0.3 is 4.74 Å². The molecule has 0 bridgehead atoms. The smallest absolute Gasteiger partial charge is 0.120 e. The molecule has 1 atom stereocenters. The average molecular weight is 244 g/mol. The molecule has 1 nitrogen and oxygen atoms in total.